The van der Waals surface area contributed by atoms with Crippen molar-refractivity contribution in [2.45, 2.75) is 37.8 Å². The first-order valence-electron chi connectivity index (χ1n) is 10.4. The van der Waals surface area contributed by atoms with Crippen LogP contribution in [0.2, 0.25) is 10.0 Å². The molecule has 11 heteroatoms. The molecular weight excluding hydrogens is 461 g/mol. The van der Waals surface area contributed by atoms with Crippen LogP contribution in [0.1, 0.15) is 31.2 Å². The number of carbonyl (C=O) groups excluding carboxylic acids is 2. The number of benzene rings is 1. The van der Waals surface area contributed by atoms with Gasteiger partial charge in [-0.2, -0.15) is 0 Å². The summed E-state index contributed by atoms with van der Waals surface area (Å²) in [6.07, 6.45) is -0.349. The molecule has 2 heterocycles. The summed E-state index contributed by atoms with van der Waals surface area (Å²) in [6.45, 7) is 2.83. The third kappa shape index (κ3) is 5.39. The quantitative estimate of drug-likeness (QED) is 0.542. The molecule has 176 valence electrons. The number of nitrogens with one attached hydrogen (secondary N) is 1. The lowest BCUT2D eigenvalue weighted by Crippen LogP contribution is -2.49. The van der Waals surface area contributed by atoms with E-state index in [1.54, 1.807) is 19.1 Å². The summed E-state index contributed by atoms with van der Waals surface area (Å²) in [5.41, 5.74) is 0.671. The van der Waals surface area contributed by atoms with Gasteiger partial charge in [-0.15, -0.1) is 0 Å². The number of amides is 2. The van der Waals surface area contributed by atoms with Gasteiger partial charge in [-0.25, -0.2) is 4.79 Å². The van der Waals surface area contributed by atoms with E-state index >= 15 is 0 Å². The molecule has 3 atom stereocenters. The normalized spacial score (nSPS) is 22.8. The van der Waals surface area contributed by atoms with Gasteiger partial charge in [0.05, 0.1) is 30.3 Å². The maximum absolute atomic E-state index is 12.2. The molecule has 2 aliphatic rings. The number of methoxy groups -OCH3 is 1. The summed E-state index contributed by atoms with van der Waals surface area (Å²) >= 11 is 12.7. The van der Waals surface area contributed by atoms with Gasteiger partial charge in [0.25, 0.3) is 0 Å². The largest absolute Gasteiger partial charge is 0.496 e. The first-order chi connectivity index (χ1) is 15.2. The average Bonchev–Trinajstić information content (AvgIpc) is 3.36. The zero-order chi connectivity index (χ0) is 23.4. The van der Waals surface area contributed by atoms with E-state index in [1.807, 2.05) is 4.90 Å². The minimum Gasteiger partial charge on any atom is -0.496 e. The van der Waals surface area contributed by atoms with E-state index in [0.717, 1.165) is 0 Å². The van der Waals surface area contributed by atoms with E-state index in [9.17, 15) is 19.5 Å². The van der Waals surface area contributed by atoms with Crippen molar-refractivity contribution < 1.29 is 29.0 Å². The van der Waals surface area contributed by atoms with Crippen LogP contribution in [0.15, 0.2) is 12.1 Å². The van der Waals surface area contributed by atoms with Crippen LogP contribution in [0, 0.1) is 0 Å². The van der Waals surface area contributed by atoms with Crippen LogP contribution in [-0.4, -0.2) is 84.9 Å². The van der Waals surface area contributed by atoms with Crippen LogP contribution in [0.3, 0.4) is 0 Å². The summed E-state index contributed by atoms with van der Waals surface area (Å²) in [4.78, 5) is 39.2. The summed E-state index contributed by atoms with van der Waals surface area (Å²) in [7, 11) is 1.52. The van der Waals surface area contributed by atoms with Gasteiger partial charge in [0.1, 0.15) is 5.75 Å². The number of hydrogen-bond donors (Lipinski definition) is 2. The SMILES string of the molecule is CCOC(=O)CN(CC1CC(c2c(OC)ccc(Cl)c2Cl)CN1C(=O)O)C1CNC(=O)C1. The van der Waals surface area contributed by atoms with E-state index in [4.69, 9.17) is 32.7 Å². The molecule has 3 rings (SSSR count). The van der Waals surface area contributed by atoms with Gasteiger partial charge in [0.2, 0.25) is 5.91 Å². The molecule has 2 fully saturated rings. The van der Waals surface area contributed by atoms with Crippen LogP contribution < -0.4 is 10.1 Å². The number of likely N-dealkylation sites (tertiary alicyclic amines) is 1. The molecule has 0 bridgehead atoms. The molecule has 9 nitrogen and oxygen atoms in total. The maximum Gasteiger partial charge on any atom is 0.407 e. The Morgan fingerprint density at radius 1 is 1.34 bits per heavy atom. The number of rotatable bonds is 8. The Kier molecular flexibility index (Phi) is 8.08. The van der Waals surface area contributed by atoms with E-state index < -0.39 is 18.1 Å². The Hall–Kier alpha value is -2.23. The van der Waals surface area contributed by atoms with E-state index in [0.29, 0.717) is 34.3 Å². The standard InChI is InChI=1S/C21H27Cl2N3O6/c1-3-32-18(28)11-25(13-7-17(27)24-8-13)10-14-6-12(9-26(14)21(29)30)19-16(31-2)5-4-15(22)20(19)23/h4-5,12-14H,3,6-11H2,1-2H3,(H,24,27)(H,29,30). The first-order valence-corrected chi connectivity index (χ1v) is 11.2. The Morgan fingerprint density at radius 3 is 2.69 bits per heavy atom. The lowest BCUT2D eigenvalue weighted by atomic mass is 9.95. The zero-order valence-electron chi connectivity index (χ0n) is 18.0. The van der Waals surface area contributed by atoms with Gasteiger partial charge in [-0.05, 0) is 25.5 Å². The first kappa shape index (κ1) is 24.4. The van der Waals surface area contributed by atoms with Gasteiger partial charge >= 0.3 is 12.1 Å². The topological polar surface area (TPSA) is 108 Å². The van der Waals surface area contributed by atoms with Gasteiger partial charge < -0.3 is 24.8 Å². The second-order valence-electron chi connectivity index (χ2n) is 7.90. The number of carboxylic acid groups (broad SMARTS) is 1. The predicted molar refractivity (Wildman–Crippen MR) is 119 cm³/mol. The number of halogens is 2. The second kappa shape index (κ2) is 10.6. The fourth-order valence-corrected chi connectivity index (χ4v) is 4.95. The summed E-state index contributed by atoms with van der Waals surface area (Å²) in [6, 6.07) is 2.72. The van der Waals surface area contributed by atoms with Crippen molar-refractivity contribution in [1.29, 1.82) is 0 Å². The maximum atomic E-state index is 12.2. The van der Waals surface area contributed by atoms with Crippen molar-refractivity contribution in [2.24, 2.45) is 0 Å². The van der Waals surface area contributed by atoms with Gasteiger partial charge in [-0.3, -0.25) is 14.5 Å². The molecule has 2 aliphatic heterocycles. The number of nitrogens with zero attached hydrogens (tertiary/aromatic N) is 2. The Labute approximate surface area is 196 Å². The molecule has 32 heavy (non-hydrogen) atoms. The summed E-state index contributed by atoms with van der Waals surface area (Å²) in [5, 5.41) is 13.3. The zero-order valence-corrected chi connectivity index (χ0v) is 19.5. The monoisotopic (exact) mass is 487 g/mol. The minimum atomic E-state index is -1.06. The predicted octanol–water partition coefficient (Wildman–Crippen LogP) is 2.59. The highest BCUT2D eigenvalue weighted by Crippen LogP contribution is 2.43. The Morgan fingerprint density at radius 2 is 2.09 bits per heavy atom. The fraction of sp³-hybridized carbons (Fsp3) is 0.571. The third-order valence-corrected chi connectivity index (χ3v) is 6.75. The van der Waals surface area contributed by atoms with Crippen LogP contribution in [0.5, 0.6) is 5.75 Å². The van der Waals surface area contributed by atoms with Crippen molar-refractivity contribution >= 4 is 41.2 Å². The molecule has 0 spiro atoms. The summed E-state index contributed by atoms with van der Waals surface area (Å²) < 4.78 is 10.5. The molecule has 1 aromatic carbocycles. The highest BCUT2D eigenvalue weighted by atomic mass is 35.5. The minimum absolute atomic E-state index is 0.0245. The van der Waals surface area contributed by atoms with Crippen molar-refractivity contribution in [3.63, 3.8) is 0 Å². The molecule has 2 saturated heterocycles. The molecule has 0 radical (unpaired) electrons. The number of ether oxygens (including phenoxy) is 2. The lowest BCUT2D eigenvalue weighted by Gasteiger charge is -2.32. The van der Waals surface area contributed by atoms with E-state index in [-0.39, 0.29) is 50.5 Å². The lowest BCUT2D eigenvalue weighted by molar-refractivity contribution is -0.145. The van der Waals surface area contributed by atoms with Gasteiger partial charge in [-0.1, -0.05) is 23.2 Å². The molecule has 0 aromatic heterocycles. The molecule has 1 aromatic rings. The fourth-order valence-electron chi connectivity index (χ4n) is 4.47. The van der Waals surface area contributed by atoms with Crippen LogP contribution in [0.4, 0.5) is 4.79 Å². The molecule has 0 aliphatic carbocycles. The number of hydrogen-bond acceptors (Lipinski definition) is 6. The van der Waals surface area contributed by atoms with Crippen molar-refractivity contribution in [3.8, 4) is 5.75 Å². The van der Waals surface area contributed by atoms with Crippen LogP contribution >= 0.6 is 23.2 Å². The highest BCUT2D eigenvalue weighted by molar-refractivity contribution is 6.42. The van der Waals surface area contributed by atoms with Gasteiger partial charge in [0.15, 0.2) is 0 Å². The van der Waals surface area contributed by atoms with Crippen LogP contribution in [-0.2, 0) is 14.3 Å². The van der Waals surface area contributed by atoms with Gasteiger partial charge in [0, 0.05) is 49.6 Å². The molecule has 0 saturated carbocycles. The Balaban J connectivity index is 1.85. The van der Waals surface area contributed by atoms with E-state index in [1.165, 1.54) is 12.0 Å². The highest BCUT2D eigenvalue weighted by Gasteiger charge is 2.41. The molecule has 3 unspecified atom stereocenters. The molecule has 2 amide bonds. The third-order valence-electron chi connectivity index (χ3n) is 5.94. The smallest absolute Gasteiger partial charge is 0.407 e. The van der Waals surface area contributed by atoms with E-state index in [2.05, 4.69) is 5.32 Å². The average molecular weight is 488 g/mol. The van der Waals surface area contributed by atoms with Crippen molar-refractivity contribution in [1.82, 2.24) is 15.1 Å². The second-order valence-corrected chi connectivity index (χ2v) is 8.68. The number of esters is 1. The molecular formula is C21H27Cl2N3O6. The number of carbonyl (C=O) groups is 3. The van der Waals surface area contributed by atoms with Crippen molar-refractivity contribution in [2.75, 3.05) is 39.9 Å². The van der Waals surface area contributed by atoms with Crippen molar-refractivity contribution in [3.05, 3.63) is 27.7 Å². The Bertz CT molecular complexity index is 883. The van der Waals surface area contributed by atoms with Crippen LogP contribution in [0.25, 0.3) is 0 Å². The molecule has 2 N–H and O–H groups in total. The summed E-state index contributed by atoms with van der Waals surface area (Å²) in [5.74, 6) is -0.198.